The fourth-order valence-corrected chi connectivity index (χ4v) is 3.04. The molecule has 0 bridgehead atoms. The van der Waals surface area contributed by atoms with Crippen LogP contribution in [0.4, 0.5) is 5.69 Å². The summed E-state index contributed by atoms with van der Waals surface area (Å²) in [5, 5.41) is 3.09. The predicted octanol–water partition coefficient (Wildman–Crippen LogP) is 4.16. The molecule has 0 aliphatic carbocycles. The molecule has 0 aliphatic rings. The topological polar surface area (TPSA) is 77.4 Å². The van der Waals surface area contributed by atoms with Gasteiger partial charge in [0, 0.05) is 22.3 Å². The molecule has 1 N–H and O–H groups in total. The van der Waals surface area contributed by atoms with E-state index < -0.39 is 11.5 Å². The van der Waals surface area contributed by atoms with E-state index in [1.807, 2.05) is 13.0 Å². The molecule has 1 amide bonds. The van der Waals surface area contributed by atoms with Crippen molar-refractivity contribution in [2.24, 2.45) is 0 Å². The van der Waals surface area contributed by atoms with Gasteiger partial charge in [0.15, 0.2) is 11.5 Å². The van der Waals surface area contributed by atoms with Crippen LogP contribution in [0.5, 0.6) is 5.75 Å². The standard InChI is InChI=1S/C23H21ClN2O4/c1-2-13-30-20-9-6-12-26(23(20)29)15-21(27)25-19-11-10-17(24)14-18(19)22(28)16-7-4-3-5-8-16/h3-12,14H,2,13,15H2,1H3,(H,25,27). The number of rotatable bonds is 8. The number of anilines is 1. The first-order valence-corrected chi connectivity index (χ1v) is 9.88. The third-order valence-electron chi connectivity index (χ3n) is 4.30. The molecule has 0 atom stereocenters. The Morgan fingerprint density at radius 1 is 1.07 bits per heavy atom. The highest BCUT2D eigenvalue weighted by atomic mass is 35.5. The number of benzene rings is 2. The molecule has 0 unspecified atom stereocenters. The third-order valence-corrected chi connectivity index (χ3v) is 4.53. The van der Waals surface area contributed by atoms with Gasteiger partial charge in [-0.1, -0.05) is 48.9 Å². The summed E-state index contributed by atoms with van der Waals surface area (Å²) < 4.78 is 6.67. The largest absolute Gasteiger partial charge is 0.488 e. The van der Waals surface area contributed by atoms with Gasteiger partial charge in [-0.2, -0.15) is 0 Å². The summed E-state index contributed by atoms with van der Waals surface area (Å²) in [6.07, 6.45) is 2.28. The van der Waals surface area contributed by atoms with Crippen LogP contribution >= 0.6 is 11.6 Å². The van der Waals surface area contributed by atoms with Gasteiger partial charge < -0.3 is 14.6 Å². The normalized spacial score (nSPS) is 10.5. The van der Waals surface area contributed by atoms with Crippen molar-refractivity contribution in [1.82, 2.24) is 4.57 Å². The first kappa shape index (κ1) is 21.3. The third kappa shape index (κ3) is 5.15. The highest BCUT2D eigenvalue weighted by Crippen LogP contribution is 2.24. The Bertz CT molecular complexity index is 1110. The number of nitrogens with zero attached hydrogens (tertiary/aromatic N) is 1. The minimum atomic E-state index is -0.450. The molecular formula is C23H21ClN2O4. The van der Waals surface area contributed by atoms with Crippen LogP contribution in [-0.2, 0) is 11.3 Å². The molecule has 0 radical (unpaired) electrons. The highest BCUT2D eigenvalue weighted by molar-refractivity contribution is 6.31. The monoisotopic (exact) mass is 424 g/mol. The summed E-state index contributed by atoms with van der Waals surface area (Å²) in [4.78, 5) is 37.9. The van der Waals surface area contributed by atoms with Gasteiger partial charge in [-0.25, -0.2) is 0 Å². The second kappa shape index (κ2) is 9.89. The van der Waals surface area contributed by atoms with E-state index in [4.69, 9.17) is 16.3 Å². The van der Waals surface area contributed by atoms with E-state index in [1.165, 1.54) is 16.8 Å². The number of nitrogens with one attached hydrogen (secondary N) is 1. The van der Waals surface area contributed by atoms with Crippen LogP contribution in [0.3, 0.4) is 0 Å². The van der Waals surface area contributed by atoms with Crippen LogP contribution in [0, 0.1) is 0 Å². The second-order valence-corrected chi connectivity index (χ2v) is 7.02. The quantitative estimate of drug-likeness (QED) is 0.551. The van der Waals surface area contributed by atoms with Crippen molar-refractivity contribution < 1.29 is 14.3 Å². The first-order chi connectivity index (χ1) is 14.5. The van der Waals surface area contributed by atoms with E-state index in [0.29, 0.717) is 22.9 Å². The van der Waals surface area contributed by atoms with Gasteiger partial charge in [-0.3, -0.25) is 14.4 Å². The summed E-state index contributed by atoms with van der Waals surface area (Å²) in [7, 11) is 0. The Kier molecular flexibility index (Phi) is 7.03. The fraction of sp³-hybridized carbons (Fsp3) is 0.174. The number of carbonyl (C=O) groups is 2. The highest BCUT2D eigenvalue weighted by Gasteiger charge is 2.17. The Balaban J connectivity index is 1.81. The molecule has 3 rings (SSSR count). The van der Waals surface area contributed by atoms with Gasteiger partial charge in [-0.15, -0.1) is 0 Å². The van der Waals surface area contributed by atoms with Crippen molar-refractivity contribution in [2.75, 3.05) is 11.9 Å². The van der Waals surface area contributed by atoms with Crippen LogP contribution in [-0.4, -0.2) is 22.9 Å². The Labute approximate surface area is 179 Å². The van der Waals surface area contributed by atoms with Gasteiger partial charge in [-0.05, 0) is 36.8 Å². The molecule has 1 aromatic heterocycles. The van der Waals surface area contributed by atoms with E-state index in [-0.39, 0.29) is 23.6 Å². The SMILES string of the molecule is CCCOc1cccn(CC(=O)Nc2ccc(Cl)cc2C(=O)c2ccccc2)c1=O. The van der Waals surface area contributed by atoms with Crippen molar-refractivity contribution in [3.63, 3.8) is 0 Å². The van der Waals surface area contributed by atoms with Crippen molar-refractivity contribution in [2.45, 2.75) is 19.9 Å². The molecule has 7 heteroatoms. The summed E-state index contributed by atoms with van der Waals surface area (Å²) in [5.41, 5.74) is 0.684. The van der Waals surface area contributed by atoms with Crippen molar-refractivity contribution in [3.8, 4) is 5.75 Å². The Morgan fingerprint density at radius 3 is 2.57 bits per heavy atom. The molecule has 2 aromatic carbocycles. The van der Waals surface area contributed by atoms with Gasteiger partial charge in [0.05, 0.1) is 12.3 Å². The van der Waals surface area contributed by atoms with E-state index in [9.17, 15) is 14.4 Å². The molecule has 6 nitrogen and oxygen atoms in total. The number of amides is 1. The lowest BCUT2D eigenvalue weighted by Crippen LogP contribution is -2.28. The zero-order valence-electron chi connectivity index (χ0n) is 16.4. The maximum absolute atomic E-state index is 12.9. The van der Waals surface area contributed by atoms with Crippen LogP contribution in [0.1, 0.15) is 29.3 Å². The average molecular weight is 425 g/mol. The van der Waals surface area contributed by atoms with E-state index in [2.05, 4.69) is 5.32 Å². The first-order valence-electron chi connectivity index (χ1n) is 9.51. The molecule has 3 aromatic rings. The molecule has 30 heavy (non-hydrogen) atoms. The van der Waals surface area contributed by atoms with E-state index in [1.54, 1.807) is 48.5 Å². The predicted molar refractivity (Wildman–Crippen MR) is 116 cm³/mol. The Hall–Kier alpha value is -3.38. The molecule has 1 heterocycles. The summed E-state index contributed by atoms with van der Waals surface area (Å²) in [6, 6.07) is 16.6. The van der Waals surface area contributed by atoms with Crippen molar-refractivity contribution in [1.29, 1.82) is 0 Å². The van der Waals surface area contributed by atoms with Gasteiger partial charge >= 0.3 is 0 Å². The molecule has 0 saturated carbocycles. The number of pyridine rings is 1. The van der Waals surface area contributed by atoms with Gasteiger partial charge in [0.25, 0.3) is 5.56 Å². The second-order valence-electron chi connectivity index (χ2n) is 6.59. The van der Waals surface area contributed by atoms with E-state index >= 15 is 0 Å². The van der Waals surface area contributed by atoms with Gasteiger partial charge in [0.1, 0.15) is 6.54 Å². The lowest BCUT2D eigenvalue weighted by atomic mass is 10.0. The molecule has 0 saturated heterocycles. The molecule has 0 aliphatic heterocycles. The fourth-order valence-electron chi connectivity index (χ4n) is 2.86. The maximum Gasteiger partial charge on any atom is 0.293 e. The number of hydrogen-bond donors (Lipinski definition) is 1. The molecule has 154 valence electrons. The number of carbonyl (C=O) groups excluding carboxylic acids is 2. The number of ketones is 1. The van der Waals surface area contributed by atoms with Crippen LogP contribution in [0.25, 0.3) is 0 Å². The summed E-state index contributed by atoms with van der Waals surface area (Å²) >= 11 is 6.07. The zero-order valence-corrected chi connectivity index (χ0v) is 17.2. The minimum Gasteiger partial charge on any atom is -0.488 e. The van der Waals surface area contributed by atoms with E-state index in [0.717, 1.165) is 6.42 Å². The average Bonchev–Trinajstić information content (AvgIpc) is 2.75. The molecule has 0 fully saturated rings. The van der Waals surface area contributed by atoms with Gasteiger partial charge in [0.2, 0.25) is 5.91 Å². The Morgan fingerprint density at radius 2 is 1.83 bits per heavy atom. The lowest BCUT2D eigenvalue weighted by molar-refractivity contribution is -0.116. The number of hydrogen-bond acceptors (Lipinski definition) is 4. The minimum absolute atomic E-state index is 0.193. The van der Waals surface area contributed by atoms with Crippen LogP contribution in [0.2, 0.25) is 5.02 Å². The molecular weight excluding hydrogens is 404 g/mol. The number of aromatic nitrogens is 1. The smallest absolute Gasteiger partial charge is 0.293 e. The zero-order chi connectivity index (χ0) is 21.5. The lowest BCUT2D eigenvalue weighted by Gasteiger charge is -2.13. The maximum atomic E-state index is 12.9. The number of halogens is 1. The summed E-state index contributed by atoms with van der Waals surface area (Å²) in [5.74, 6) is -0.520. The van der Waals surface area contributed by atoms with Crippen molar-refractivity contribution >= 4 is 29.0 Å². The number of ether oxygens (including phenoxy) is 1. The molecule has 0 spiro atoms. The van der Waals surface area contributed by atoms with Crippen LogP contribution < -0.4 is 15.6 Å². The summed E-state index contributed by atoms with van der Waals surface area (Å²) in [6.45, 7) is 2.14. The van der Waals surface area contributed by atoms with Crippen molar-refractivity contribution in [3.05, 3.63) is 93.4 Å². The van der Waals surface area contributed by atoms with Crippen LogP contribution in [0.15, 0.2) is 71.7 Å².